The average molecular weight is 425 g/mol. The fourth-order valence-electron chi connectivity index (χ4n) is 7.20. The molecule has 0 spiro atoms. The highest BCUT2D eigenvalue weighted by atomic mass is 19.1. The highest BCUT2D eigenvalue weighted by Crippen LogP contribution is 2.67. The minimum absolute atomic E-state index is 0.0528. The van der Waals surface area contributed by atoms with Crippen LogP contribution in [0.3, 0.4) is 0 Å². The number of amides is 1. The largest absolute Gasteiger partial charge is 0.490 e. The van der Waals surface area contributed by atoms with Crippen molar-refractivity contribution in [3.8, 4) is 5.75 Å². The van der Waals surface area contributed by atoms with Crippen LogP contribution in [0.2, 0.25) is 0 Å². The summed E-state index contributed by atoms with van der Waals surface area (Å²) in [5, 5.41) is 4.08. The van der Waals surface area contributed by atoms with Gasteiger partial charge >= 0.3 is 0 Å². The van der Waals surface area contributed by atoms with E-state index in [9.17, 15) is 9.18 Å². The summed E-state index contributed by atoms with van der Waals surface area (Å²) >= 11 is 0. The number of carbonyl (C=O) groups excluding carboxylic acids is 1. The van der Waals surface area contributed by atoms with Gasteiger partial charge in [0.25, 0.3) is 0 Å². The van der Waals surface area contributed by atoms with Crippen LogP contribution in [0, 0.1) is 34.9 Å². The molecule has 1 aromatic carbocycles. The first-order valence-electron chi connectivity index (χ1n) is 11.4. The summed E-state index contributed by atoms with van der Waals surface area (Å²) < 4.78 is 25.3. The van der Waals surface area contributed by atoms with Gasteiger partial charge in [0.1, 0.15) is 11.6 Å². The average Bonchev–Trinajstić information content (AvgIpc) is 3.19. The summed E-state index contributed by atoms with van der Waals surface area (Å²) in [7, 11) is 1.76. The Morgan fingerprint density at radius 2 is 2.00 bits per heavy atom. The van der Waals surface area contributed by atoms with E-state index in [4.69, 9.17) is 9.47 Å². The quantitative estimate of drug-likeness (QED) is 0.727. The van der Waals surface area contributed by atoms with Crippen LogP contribution < -0.4 is 10.1 Å². The van der Waals surface area contributed by atoms with Crippen molar-refractivity contribution in [2.45, 2.75) is 50.7 Å². The monoisotopic (exact) mass is 424 g/mol. The predicted molar refractivity (Wildman–Crippen MR) is 114 cm³/mol. The summed E-state index contributed by atoms with van der Waals surface area (Å²) in [4.78, 5) is 17.2. The second-order valence-electron chi connectivity index (χ2n) is 10.6. The molecule has 2 bridgehead atoms. The normalized spacial score (nSPS) is 38.0. The Morgan fingerprint density at radius 3 is 2.71 bits per heavy atom. The first-order valence-corrected chi connectivity index (χ1v) is 11.4. The third kappa shape index (κ3) is 3.05. The number of ether oxygens (including phenoxy) is 2. The second-order valence-corrected chi connectivity index (χ2v) is 10.6. The van der Waals surface area contributed by atoms with Crippen molar-refractivity contribution in [2.75, 3.05) is 13.7 Å². The Morgan fingerprint density at radius 1 is 1.26 bits per heavy atom. The smallest absolute Gasteiger partial charge is 0.223 e. The van der Waals surface area contributed by atoms with Gasteiger partial charge in [-0.2, -0.15) is 0 Å². The number of nitrogens with zero attached hydrogens (tertiary/aromatic N) is 1. The second kappa shape index (κ2) is 6.64. The van der Waals surface area contributed by atoms with E-state index in [1.807, 2.05) is 6.07 Å². The van der Waals surface area contributed by atoms with Crippen molar-refractivity contribution in [1.82, 2.24) is 10.3 Å². The molecule has 31 heavy (non-hydrogen) atoms. The fourth-order valence-corrected chi connectivity index (χ4v) is 7.20. The Labute approximate surface area is 181 Å². The number of fused-ring (bicyclic) bond motifs is 2. The summed E-state index contributed by atoms with van der Waals surface area (Å²) in [6, 6.07) is 6.41. The molecule has 5 atom stereocenters. The minimum Gasteiger partial charge on any atom is -0.490 e. The van der Waals surface area contributed by atoms with Gasteiger partial charge in [0.05, 0.1) is 18.2 Å². The number of benzene rings is 1. The maximum absolute atomic E-state index is 13.7. The topological polar surface area (TPSA) is 60.5 Å². The Balaban J connectivity index is 1.04. The molecular formula is C25H29FN2O3. The maximum atomic E-state index is 13.7. The van der Waals surface area contributed by atoms with Crippen molar-refractivity contribution in [1.29, 1.82) is 0 Å². The molecule has 0 radical (unpaired) electrons. The molecule has 164 valence electrons. The number of aromatic nitrogens is 1. The van der Waals surface area contributed by atoms with Gasteiger partial charge in [-0.25, -0.2) is 4.39 Å². The van der Waals surface area contributed by atoms with Crippen LogP contribution in [-0.4, -0.2) is 36.3 Å². The lowest BCUT2D eigenvalue weighted by molar-refractivity contribution is -0.189. The molecule has 0 saturated heterocycles. The van der Waals surface area contributed by atoms with E-state index in [2.05, 4.69) is 17.2 Å². The molecule has 5 aliphatic rings. The van der Waals surface area contributed by atoms with Gasteiger partial charge in [0, 0.05) is 35.6 Å². The molecule has 0 aliphatic heterocycles. The van der Waals surface area contributed by atoms with E-state index in [0.29, 0.717) is 28.9 Å². The third-order valence-corrected chi connectivity index (χ3v) is 8.40. The molecule has 2 aromatic rings. The van der Waals surface area contributed by atoms with Crippen molar-refractivity contribution < 1.29 is 18.7 Å². The van der Waals surface area contributed by atoms with Crippen LogP contribution in [0.15, 0.2) is 30.5 Å². The van der Waals surface area contributed by atoms with Crippen molar-refractivity contribution >= 4 is 16.8 Å². The fraction of sp³-hybridized carbons (Fsp3) is 0.600. The van der Waals surface area contributed by atoms with E-state index < -0.39 is 0 Å². The number of carbonyl (C=O) groups is 1. The molecule has 5 nitrogen and oxygen atoms in total. The van der Waals surface area contributed by atoms with Crippen LogP contribution in [0.1, 0.15) is 39.0 Å². The molecular weight excluding hydrogens is 395 g/mol. The Hall–Kier alpha value is -2.21. The highest BCUT2D eigenvalue weighted by molar-refractivity contribution is 5.84. The zero-order valence-corrected chi connectivity index (χ0v) is 18.1. The maximum Gasteiger partial charge on any atom is 0.223 e. The molecule has 5 fully saturated rings. The van der Waals surface area contributed by atoms with Crippen LogP contribution >= 0.6 is 0 Å². The van der Waals surface area contributed by atoms with Gasteiger partial charge in [-0.15, -0.1) is 0 Å². The van der Waals surface area contributed by atoms with Gasteiger partial charge in [-0.05, 0) is 74.1 Å². The van der Waals surface area contributed by atoms with Crippen molar-refractivity contribution in [2.24, 2.45) is 29.1 Å². The molecule has 6 heteroatoms. The Kier molecular flexibility index (Phi) is 4.17. The van der Waals surface area contributed by atoms with Crippen LogP contribution in [0.25, 0.3) is 10.9 Å². The zero-order valence-electron chi connectivity index (χ0n) is 18.1. The first-order chi connectivity index (χ1) is 14.9. The van der Waals surface area contributed by atoms with Gasteiger partial charge in [-0.1, -0.05) is 6.92 Å². The molecule has 1 unspecified atom stereocenters. The zero-order chi connectivity index (χ0) is 21.4. The van der Waals surface area contributed by atoms with Gasteiger partial charge in [0.15, 0.2) is 0 Å². The van der Waals surface area contributed by atoms with E-state index >= 15 is 0 Å². The van der Waals surface area contributed by atoms with Gasteiger partial charge < -0.3 is 14.8 Å². The molecule has 1 amide bonds. The summed E-state index contributed by atoms with van der Waals surface area (Å²) in [5.41, 5.74) is 1.13. The minimum atomic E-state index is -0.281. The van der Waals surface area contributed by atoms with Crippen molar-refractivity contribution in [3.05, 3.63) is 36.3 Å². The van der Waals surface area contributed by atoms with Crippen LogP contribution in [0.4, 0.5) is 4.39 Å². The van der Waals surface area contributed by atoms with E-state index in [1.165, 1.54) is 12.1 Å². The number of halogens is 1. The number of rotatable bonds is 7. The van der Waals surface area contributed by atoms with Gasteiger partial charge in [-0.3, -0.25) is 9.78 Å². The molecule has 1 aromatic heterocycles. The van der Waals surface area contributed by atoms with Gasteiger partial charge in [0.2, 0.25) is 5.91 Å². The SMILES string of the molecule is COCC12CC(NC(=O)C(C)[C@H]3[C@@H]4C[C@@H](Oc5ccnc6ccc(F)cc56)C[C@@H]43)(C1)C2. The summed E-state index contributed by atoms with van der Waals surface area (Å²) in [5.74, 6) is 2.28. The standard InChI is InChI=1S/C25H29FN2O3/c1-14(23(29)28-25-10-24(11-25,12-25)13-30-2)22-17-8-16(9-18(17)22)31-21-5-6-27-20-4-3-15(26)7-19(20)21/h3-7,14,16-18,22H,8-13H2,1-2H3,(H,28,29)/t14?,16-,17-,18+,22+,24?,25?. The van der Waals surface area contributed by atoms with Crippen LogP contribution in [-0.2, 0) is 9.53 Å². The summed E-state index contributed by atoms with van der Waals surface area (Å²) in [6.45, 7) is 2.90. The van der Waals surface area contributed by atoms with E-state index in [-0.39, 0.29) is 29.3 Å². The molecule has 1 heterocycles. The predicted octanol–water partition coefficient (Wildman–Crippen LogP) is 4.10. The number of hydrogen-bond acceptors (Lipinski definition) is 4. The highest BCUT2D eigenvalue weighted by Gasteiger charge is 2.69. The van der Waals surface area contributed by atoms with Crippen LogP contribution in [0.5, 0.6) is 5.75 Å². The lowest BCUT2D eigenvalue weighted by Crippen LogP contribution is -2.76. The van der Waals surface area contributed by atoms with E-state index in [1.54, 1.807) is 19.4 Å². The summed E-state index contributed by atoms with van der Waals surface area (Å²) in [6.07, 6.45) is 6.98. The number of pyridine rings is 1. The molecule has 5 aliphatic carbocycles. The number of methoxy groups -OCH3 is 1. The van der Waals surface area contributed by atoms with Crippen molar-refractivity contribution in [3.63, 3.8) is 0 Å². The molecule has 5 saturated carbocycles. The number of hydrogen-bond donors (Lipinski definition) is 1. The lowest BCUT2D eigenvalue weighted by Gasteiger charge is -2.70. The van der Waals surface area contributed by atoms with E-state index in [0.717, 1.165) is 49.6 Å². The molecule has 1 N–H and O–H groups in total. The first kappa shape index (κ1) is 19.5. The Bertz CT molecular complexity index is 1020. The number of nitrogens with one attached hydrogen (secondary N) is 1. The molecule has 7 rings (SSSR count). The lowest BCUT2D eigenvalue weighted by atomic mass is 9.39. The third-order valence-electron chi connectivity index (χ3n) is 8.40.